The van der Waals surface area contributed by atoms with Crippen LogP contribution >= 0.6 is 0 Å². The van der Waals surface area contributed by atoms with Gasteiger partial charge in [0, 0.05) is 6.54 Å². The van der Waals surface area contributed by atoms with Gasteiger partial charge >= 0.3 is 6.03 Å². The van der Waals surface area contributed by atoms with Crippen LogP contribution < -0.4 is 5.32 Å². The lowest BCUT2D eigenvalue weighted by Gasteiger charge is -2.10. The molecule has 1 unspecified atom stereocenters. The molecule has 1 atom stereocenters. The van der Waals surface area contributed by atoms with E-state index in [0.29, 0.717) is 0 Å². The molecule has 1 aliphatic heterocycles. The number of hydrogen-bond donors (Lipinski definition) is 2. The molecule has 80 valence electrons. The Bertz CT molecular complexity index is 362. The van der Waals surface area contributed by atoms with E-state index in [1.807, 2.05) is 0 Å². The molecule has 0 radical (unpaired) electrons. The first-order valence-corrected chi connectivity index (χ1v) is 5.49. The van der Waals surface area contributed by atoms with Gasteiger partial charge in [0.15, 0.2) is 0 Å². The van der Waals surface area contributed by atoms with Crippen molar-refractivity contribution in [2.75, 3.05) is 12.3 Å². The number of nitrogens with zero attached hydrogens (tertiary/aromatic N) is 1. The number of rotatable bonds is 3. The molecule has 7 nitrogen and oxygen atoms in total. The molecule has 1 heterocycles. The van der Waals surface area contributed by atoms with Gasteiger partial charge in [-0.3, -0.25) is 14.2 Å². The van der Waals surface area contributed by atoms with Crippen molar-refractivity contribution in [2.45, 2.75) is 13.0 Å². The first-order valence-electron chi connectivity index (χ1n) is 3.88. The molecule has 0 aromatic carbocycles. The van der Waals surface area contributed by atoms with Crippen molar-refractivity contribution in [2.24, 2.45) is 0 Å². The van der Waals surface area contributed by atoms with E-state index in [1.54, 1.807) is 0 Å². The summed E-state index contributed by atoms with van der Waals surface area (Å²) in [6.07, 6.45) is 0. The smallest absolute Gasteiger partial charge is 0.324 e. The Kier molecular flexibility index (Phi) is 2.76. The SMILES string of the molecule is CC1NC(=O)N(CCS(=O)(=O)O)C1=O. The van der Waals surface area contributed by atoms with E-state index >= 15 is 0 Å². The number of urea groups is 1. The van der Waals surface area contributed by atoms with Gasteiger partial charge in [-0.15, -0.1) is 0 Å². The third kappa shape index (κ3) is 2.42. The summed E-state index contributed by atoms with van der Waals surface area (Å²) in [4.78, 5) is 23.0. The molecule has 0 saturated carbocycles. The Morgan fingerprint density at radius 3 is 2.43 bits per heavy atom. The molecular weight excluding hydrogens is 212 g/mol. The van der Waals surface area contributed by atoms with Gasteiger partial charge < -0.3 is 5.32 Å². The van der Waals surface area contributed by atoms with Gasteiger partial charge in [-0.2, -0.15) is 8.42 Å². The fourth-order valence-electron chi connectivity index (χ4n) is 1.08. The van der Waals surface area contributed by atoms with Crippen LogP contribution in [0.3, 0.4) is 0 Å². The predicted octanol–water partition coefficient (Wildman–Crippen LogP) is -1.19. The maximum Gasteiger partial charge on any atom is 0.324 e. The van der Waals surface area contributed by atoms with Gasteiger partial charge in [-0.05, 0) is 6.92 Å². The highest BCUT2D eigenvalue weighted by atomic mass is 32.2. The van der Waals surface area contributed by atoms with Crippen molar-refractivity contribution >= 4 is 22.1 Å². The Morgan fingerprint density at radius 1 is 1.50 bits per heavy atom. The molecule has 0 aromatic heterocycles. The van der Waals surface area contributed by atoms with Crippen molar-refractivity contribution < 1.29 is 22.6 Å². The highest BCUT2D eigenvalue weighted by Crippen LogP contribution is 2.05. The van der Waals surface area contributed by atoms with Crippen molar-refractivity contribution in [3.8, 4) is 0 Å². The topological polar surface area (TPSA) is 104 Å². The van der Waals surface area contributed by atoms with Gasteiger partial charge in [0.25, 0.3) is 16.0 Å². The zero-order valence-electron chi connectivity index (χ0n) is 7.43. The summed E-state index contributed by atoms with van der Waals surface area (Å²) in [7, 11) is -4.15. The number of imide groups is 1. The van der Waals surface area contributed by atoms with E-state index in [-0.39, 0.29) is 6.54 Å². The van der Waals surface area contributed by atoms with Crippen LogP contribution in [0.25, 0.3) is 0 Å². The Hall–Kier alpha value is -1.15. The molecule has 0 aliphatic carbocycles. The lowest BCUT2D eigenvalue weighted by molar-refractivity contribution is -0.126. The van der Waals surface area contributed by atoms with Crippen molar-refractivity contribution in [3.63, 3.8) is 0 Å². The van der Waals surface area contributed by atoms with Crippen LogP contribution in [0.4, 0.5) is 4.79 Å². The first-order chi connectivity index (χ1) is 6.31. The third-order valence-corrected chi connectivity index (χ3v) is 2.49. The van der Waals surface area contributed by atoms with E-state index < -0.39 is 33.9 Å². The fraction of sp³-hybridized carbons (Fsp3) is 0.667. The van der Waals surface area contributed by atoms with Crippen LogP contribution in [0.1, 0.15) is 6.92 Å². The molecule has 3 amide bonds. The van der Waals surface area contributed by atoms with Gasteiger partial charge in [0.05, 0.1) is 5.75 Å². The molecule has 14 heavy (non-hydrogen) atoms. The molecule has 1 fully saturated rings. The summed E-state index contributed by atoms with van der Waals surface area (Å²) in [6, 6.07) is -1.27. The predicted molar refractivity (Wildman–Crippen MR) is 46.1 cm³/mol. The molecule has 8 heteroatoms. The zero-order valence-corrected chi connectivity index (χ0v) is 8.24. The van der Waals surface area contributed by atoms with Crippen LogP contribution in [-0.2, 0) is 14.9 Å². The van der Waals surface area contributed by atoms with Crippen LogP contribution in [0.2, 0.25) is 0 Å². The highest BCUT2D eigenvalue weighted by Gasteiger charge is 2.35. The fourth-order valence-corrected chi connectivity index (χ4v) is 1.49. The Labute approximate surface area is 80.8 Å². The number of carbonyl (C=O) groups is 2. The van der Waals surface area contributed by atoms with Gasteiger partial charge in [0.1, 0.15) is 6.04 Å². The minimum Gasteiger partial charge on any atom is -0.326 e. The summed E-state index contributed by atoms with van der Waals surface area (Å²) < 4.78 is 29.2. The Morgan fingerprint density at radius 2 is 2.07 bits per heavy atom. The molecule has 1 saturated heterocycles. The van der Waals surface area contributed by atoms with E-state index in [2.05, 4.69) is 5.32 Å². The maximum absolute atomic E-state index is 11.2. The van der Waals surface area contributed by atoms with Gasteiger partial charge in [-0.25, -0.2) is 4.79 Å². The minimum absolute atomic E-state index is 0.326. The number of carbonyl (C=O) groups excluding carboxylic acids is 2. The number of hydrogen-bond acceptors (Lipinski definition) is 4. The molecule has 0 aromatic rings. The van der Waals surface area contributed by atoms with Gasteiger partial charge in [0.2, 0.25) is 0 Å². The number of nitrogens with one attached hydrogen (secondary N) is 1. The monoisotopic (exact) mass is 222 g/mol. The first kappa shape index (κ1) is 10.9. The normalized spacial score (nSPS) is 22.7. The minimum atomic E-state index is -4.15. The molecule has 0 spiro atoms. The average molecular weight is 222 g/mol. The van der Waals surface area contributed by atoms with Crippen LogP contribution in [-0.4, -0.2) is 48.1 Å². The standard InChI is InChI=1S/C6H10N2O5S/c1-4-5(9)8(6(10)7-4)2-3-14(11,12)13/h4H,2-3H2,1H3,(H,7,10)(H,11,12,13). The van der Waals surface area contributed by atoms with E-state index in [1.165, 1.54) is 6.92 Å². The lowest BCUT2D eigenvalue weighted by atomic mass is 10.3. The number of amides is 3. The molecule has 1 rings (SSSR count). The van der Waals surface area contributed by atoms with Crippen molar-refractivity contribution in [3.05, 3.63) is 0 Å². The second kappa shape index (κ2) is 3.54. The van der Waals surface area contributed by atoms with E-state index in [4.69, 9.17) is 4.55 Å². The average Bonchev–Trinajstić information content (AvgIpc) is 2.23. The second-order valence-electron chi connectivity index (χ2n) is 2.95. The van der Waals surface area contributed by atoms with E-state index in [9.17, 15) is 18.0 Å². The van der Waals surface area contributed by atoms with Crippen LogP contribution in [0, 0.1) is 0 Å². The quantitative estimate of drug-likeness (QED) is 0.462. The van der Waals surface area contributed by atoms with Gasteiger partial charge in [-0.1, -0.05) is 0 Å². The summed E-state index contributed by atoms with van der Waals surface area (Å²) in [5, 5.41) is 2.31. The maximum atomic E-state index is 11.2. The zero-order chi connectivity index (χ0) is 10.9. The Balaban J connectivity index is 2.62. The third-order valence-electron chi connectivity index (χ3n) is 1.79. The second-order valence-corrected chi connectivity index (χ2v) is 4.52. The molecular formula is C6H10N2O5S. The largest absolute Gasteiger partial charge is 0.326 e. The lowest BCUT2D eigenvalue weighted by Crippen LogP contribution is -2.35. The highest BCUT2D eigenvalue weighted by molar-refractivity contribution is 7.85. The molecule has 0 bridgehead atoms. The van der Waals surface area contributed by atoms with Crippen molar-refractivity contribution in [1.29, 1.82) is 0 Å². The molecule has 2 N–H and O–H groups in total. The summed E-state index contributed by atoms with van der Waals surface area (Å²) in [6.45, 7) is 1.17. The van der Waals surface area contributed by atoms with Crippen molar-refractivity contribution in [1.82, 2.24) is 10.2 Å². The van der Waals surface area contributed by atoms with Crippen LogP contribution in [0.5, 0.6) is 0 Å². The summed E-state index contributed by atoms with van der Waals surface area (Å²) in [5.41, 5.74) is 0. The summed E-state index contributed by atoms with van der Waals surface area (Å²) >= 11 is 0. The summed E-state index contributed by atoms with van der Waals surface area (Å²) in [5.74, 6) is -1.13. The van der Waals surface area contributed by atoms with Crippen LogP contribution in [0.15, 0.2) is 0 Å². The van der Waals surface area contributed by atoms with E-state index in [0.717, 1.165) is 4.90 Å². The molecule has 1 aliphatic rings.